The van der Waals surface area contributed by atoms with Gasteiger partial charge in [-0.05, 0) is 55.5 Å². The van der Waals surface area contributed by atoms with E-state index in [9.17, 15) is 4.79 Å². The molecule has 2 heterocycles. The second-order valence-electron chi connectivity index (χ2n) is 7.31. The molecule has 5 rings (SSSR count). The van der Waals surface area contributed by atoms with Crippen molar-refractivity contribution in [3.63, 3.8) is 0 Å². The van der Waals surface area contributed by atoms with Gasteiger partial charge in [0.1, 0.15) is 23.1 Å². The SMILES string of the molecule is COc1ccc2nc(-n3nc(C)cc3NC(=O)c3cccc(Oc4ccccc4)c3)sc2c1. The number of fused-ring (bicyclic) bond motifs is 1. The molecule has 2 aromatic heterocycles. The third-order valence-electron chi connectivity index (χ3n) is 4.91. The van der Waals surface area contributed by atoms with Gasteiger partial charge in [0.2, 0.25) is 5.13 Å². The highest BCUT2D eigenvalue weighted by molar-refractivity contribution is 7.20. The summed E-state index contributed by atoms with van der Waals surface area (Å²) in [6, 6.07) is 24.0. The third kappa shape index (κ3) is 4.42. The monoisotopic (exact) mass is 456 g/mol. The summed E-state index contributed by atoms with van der Waals surface area (Å²) in [7, 11) is 1.63. The zero-order chi connectivity index (χ0) is 22.8. The number of nitrogens with one attached hydrogen (secondary N) is 1. The van der Waals surface area contributed by atoms with Crippen LogP contribution < -0.4 is 14.8 Å². The fourth-order valence-corrected chi connectivity index (χ4v) is 4.32. The molecule has 0 saturated carbocycles. The Bertz CT molecular complexity index is 1440. The van der Waals surface area contributed by atoms with Crippen molar-refractivity contribution in [2.45, 2.75) is 6.92 Å². The summed E-state index contributed by atoms with van der Waals surface area (Å²) in [5.74, 6) is 2.32. The first-order valence-corrected chi connectivity index (χ1v) is 11.1. The number of nitrogens with zero attached hydrogens (tertiary/aromatic N) is 3. The van der Waals surface area contributed by atoms with Crippen LogP contribution in [0.2, 0.25) is 0 Å². The number of carbonyl (C=O) groups is 1. The first-order valence-electron chi connectivity index (χ1n) is 10.2. The second-order valence-corrected chi connectivity index (χ2v) is 8.32. The molecule has 5 aromatic rings. The highest BCUT2D eigenvalue weighted by Gasteiger charge is 2.16. The molecule has 1 N–H and O–H groups in total. The molecule has 0 aliphatic heterocycles. The number of hydrogen-bond acceptors (Lipinski definition) is 6. The molecule has 0 aliphatic rings. The number of para-hydroxylation sites is 1. The van der Waals surface area contributed by atoms with E-state index in [1.54, 1.807) is 30.0 Å². The van der Waals surface area contributed by atoms with Crippen molar-refractivity contribution in [1.82, 2.24) is 14.8 Å². The molecule has 7 nitrogen and oxygen atoms in total. The fraction of sp³-hybridized carbons (Fsp3) is 0.0800. The lowest BCUT2D eigenvalue weighted by molar-refractivity contribution is 0.102. The summed E-state index contributed by atoms with van der Waals surface area (Å²) in [4.78, 5) is 17.7. The Balaban J connectivity index is 1.40. The van der Waals surface area contributed by atoms with Crippen LogP contribution >= 0.6 is 11.3 Å². The van der Waals surface area contributed by atoms with Gasteiger partial charge in [0.05, 0.1) is 23.0 Å². The van der Waals surface area contributed by atoms with Crippen molar-refractivity contribution in [1.29, 1.82) is 0 Å². The maximum absolute atomic E-state index is 13.0. The molecule has 33 heavy (non-hydrogen) atoms. The average Bonchev–Trinajstić information content (AvgIpc) is 3.42. The van der Waals surface area contributed by atoms with Crippen LogP contribution in [0, 0.1) is 6.92 Å². The number of thiazole rings is 1. The van der Waals surface area contributed by atoms with Gasteiger partial charge in [0.25, 0.3) is 5.91 Å². The lowest BCUT2D eigenvalue weighted by atomic mass is 10.2. The van der Waals surface area contributed by atoms with Gasteiger partial charge in [0.15, 0.2) is 0 Å². The Labute approximate surface area is 194 Å². The van der Waals surface area contributed by atoms with E-state index in [0.717, 1.165) is 21.7 Å². The Morgan fingerprint density at radius 2 is 1.76 bits per heavy atom. The average molecular weight is 457 g/mol. The quantitative estimate of drug-likeness (QED) is 0.347. The van der Waals surface area contributed by atoms with Gasteiger partial charge in [-0.3, -0.25) is 4.79 Å². The number of rotatable bonds is 6. The van der Waals surface area contributed by atoms with Crippen LogP contribution in [0.1, 0.15) is 16.1 Å². The molecular weight excluding hydrogens is 436 g/mol. The van der Waals surface area contributed by atoms with Crippen molar-refractivity contribution in [3.8, 4) is 22.4 Å². The Morgan fingerprint density at radius 3 is 2.58 bits per heavy atom. The number of carbonyl (C=O) groups excluding carboxylic acids is 1. The van der Waals surface area contributed by atoms with E-state index in [1.165, 1.54) is 11.3 Å². The number of anilines is 1. The van der Waals surface area contributed by atoms with Gasteiger partial charge in [0, 0.05) is 11.6 Å². The lowest BCUT2D eigenvalue weighted by Gasteiger charge is -2.09. The molecule has 0 bridgehead atoms. The van der Waals surface area contributed by atoms with E-state index < -0.39 is 0 Å². The zero-order valence-electron chi connectivity index (χ0n) is 18.0. The molecule has 0 atom stereocenters. The van der Waals surface area contributed by atoms with E-state index in [4.69, 9.17) is 9.47 Å². The summed E-state index contributed by atoms with van der Waals surface area (Å²) >= 11 is 1.47. The minimum absolute atomic E-state index is 0.266. The number of ether oxygens (including phenoxy) is 2. The summed E-state index contributed by atoms with van der Waals surface area (Å²) in [6.45, 7) is 1.87. The highest BCUT2D eigenvalue weighted by atomic mass is 32.1. The smallest absolute Gasteiger partial charge is 0.256 e. The molecule has 0 fully saturated rings. The summed E-state index contributed by atoms with van der Waals surface area (Å²) in [6.07, 6.45) is 0. The number of methoxy groups -OCH3 is 1. The molecule has 0 radical (unpaired) electrons. The molecule has 0 aliphatic carbocycles. The molecule has 0 saturated heterocycles. The number of benzene rings is 3. The highest BCUT2D eigenvalue weighted by Crippen LogP contribution is 2.30. The minimum atomic E-state index is -0.266. The topological polar surface area (TPSA) is 78.3 Å². The van der Waals surface area contributed by atoms with E-state index in [-0.39, 0.29) is 5.91 Å². The molecule has 3 aromatic carbocycles. The number of hydrogen-bond donors (Lipinski definition) is 1. The van der Waals surface area contributed by atoms with E-state index in [1.807, 2.05) is 67.6 Å². The number of amides is 1. The standard InChI is InChI=1S/C25H20N4O3S/c1-16-13-23(29(28-16)25-26-21-12-11-19(31-2)15-22(21)33-25)27-24(30)17-7-6-10-20(14-17)32-18-8-4-3-5-9-18/h3-15H,1-2H3,(H,27,30). The summed E-state index contributed by atoms with van der Waals surface area (Å²) < 4.78 is 13.8. The summed E-state index contributed by atoms with van der Waals surface area (Å²) in [5.41, 5.74) is 2.08. The van der Waals surface area contributed by atoms with E-state index >= 15 is 0 Å². The molecular formula is C25H20N4O3S. The van der Waals surface area contributed by atoms with Crippen molar-refractivity contribution in [3.05, 3.63) is 90.1 Å². The van der Waals surface area contributed by atoms with Gasteiger partial charge in [-0.15, -0.1) is 0 Å². The number of aromatic nitrogens is 3. The molecule has 8 heteroatoms. The van der Waals surface area contributed by atoms with Crippen LogP contribution in [0.25, 0.3) is 15.3 Å². The first-order chi connectivity index (χ1) is 16.1. The van der Waals surface area contributed by atoms with Crippen LogP contribution in [0.5, 0.6) is 17.2 Å². The maximum Gasteiger partial charge on any atom is 0.256 e. The van der Waals surface area contributed by atoms with Gasteiger partial charge >= 0.3 is 0 Å². The predicted molar refractivity (Wildman–Crippen MR) is 129 cm³/mol. The van der Waals surface area contributed by atoms with Gasteiger partial charge in [-0.2, -0.15) is 9.78 Å². The fourth-order valence-electron chi connectivity index (χ4n) is 3.36. The lowest BCUT2D eigenvalue weighted by Crippen LogP contribution is -2.15. The van der Waals surface area contributed by atoms with Crippen molar-refractivity contribution < 1.29 is 14.3 Å². The normalized spacial score (nSPS) is 10.8. The van der Waals surface area contributed by atoms with Crippen LogP contribution in [0.3, 0.4) is 0 Å². The van der Waals surface area contributed by atoms with Gasteiger partial charge in [-0.1, -0.05) is 35.6 Å². The van der Waals surface area contributed by atoms with Gasteiger partial charge in [-0.25, -0.2) is 4.98 Å². The first kappa shape index (κ1) is 20.7. The van der Waals surface area contributed by atoms with Crippen LogP contribution in [0.4, 0.5) is 5.82 Å². The van der Waals surface area contributed by atoms with E-state index in [0.29, 0.717) is 28.0 Å². The largest absolute Gasteiger partial charge is 0.497 e. The Kier molecular flexibility index (Phi) is 5.50. The number of aryl methyl sites for hydroxylation is 1. The van der Waals surface area contributed by atoms with Crippen LogP contribution in [0.15, 0.2) is 78.9 Å². The molecule has 1 amide bonds. The second kappa shape index (κ2) is 8.76. The van der Waals surface area contributed by atoms with Gasteiger partial charge < -0.3 is 14.8 Å². The Hall–Kier alpha value is -4.17. The molecule has 164 valence electrons. The van der Waals surface area contributed by atoms with Crippen molar-refractivity contribution >= 4 is 33.3 Å². The Morgan fingerprint density at radius 1 is 0.939 bits per heavy atom. The minimum Gasteiger partial charge on any atom is -0.497 e. The van der Waals surface area contributed by atoms with Crippen LogP contribution in [-0.2, 0) is 0 Å². The molecule has 0 spiro atoms. The van der Waals surface area contributed by atoms with E-state index in [2.05, 4.69) is 15.4 Å². The summed E-state index contributed by atoms with van der Waals surface area (Å²) in [5, 5.41) is 8.14. The zero-order valence-corrected chi connectivity index (χ0v) is 18.8. The van der Waals surface area contributed by atoms with Crippen molar-refractivity contribution in [2.24, 2.45) is 0 Å². The molecule has 0 unspecified atom stereocenters. The maximum atomic E-state index is 13.0. The van der Waals surface area contributed by atoms with Crippen LogP contribution in [-0.4, -0.2) is 27.8 Å². The van der Waals surface area contributed by atoms with Crippen molar-refractivity contribution in [2.75, 3.05) is 12.4 Å². The predicted octanol–water partition coefficient (Wildman–Crippen LogP) is 5.84. The third-order valence-corrected chi connectivity index (χ3v) is 5.91.